The van der Waals surface area contributed by atoms with Gasteiger partial charge in [0.15, 0.2) is 5.82 Å². The third-order valence-corrected chi connectivity index (χ3v) is 5.14. The number of halogens is 1. The SMILES string of the molecule is COc1ccc(Cl)cc1CN(C)C(=O)CS[C@H](C)C(=O)Nc1cc(C)on1. The van der Waals surface area contributed by atoms with Crippen molar-refractivity contribution in [2.75, 3.05) is 25.2 Å². The Balaban J connectivity index is 1.85. The van der Waals surface area contributed by atoms with Gasteiger partial charge in [-0.1, -0.05) is 16.8 Å². The third kappa shape index (κ3) is 6.18. The second-order valence-corrected chi connectivity index (χ2v) is 7.74. The van der Waals surface area contributed by atoms with Gasteiger partial charge in [0.1, 0.15) is 11.5 Å². The van der Waals surface area contributed by atoms with E-state index < -0.39 is 5.25 Å². The van der Waals surface area contributed by atoms with Crippen molar-refractivity contribution < 1.29 is 18.8 Å². The molecule has 0 spiro atoms. The first kappa shape index (κ1) is 21.1. The molecule has 0 fully saturated rings. The van der Waals surface area contributed by atoms with Crippen molar-refractivity contribution in [3.8, 4) is 5.75 Å². The molecule has 1 atom stereocenters. The second kappa shape index (κ2) is 9.66. The highest BCUT2D eigenvalue weighted by molar-refractivity contribution is 8.01. The van der Waals surface area contributed by atoms with E-state index in [4.69, 9.17) is 20.9 Å². The van der Waals surface area contributed by atoms with E-state index in [0.29, 0.717) is 28.9 Å². The minimum absolute atomic E-state index is 0.0982. The van der Waals surface area contributed by atoms with Crippen LogP contribution in [0.3, 0.4) is 0 Å². The van der Waals surface area contributed by atoms with Gasteiger partial charge in [-0.2, -0.15) is 0 Å². The number of thioether (sulfide) groups is 1. The van der Waals surface area contributed by atoms with E-state index in [0.717, 1.165) is 5.56 Å². The van der Waals surface area contributed by atoms with Crippen molar-refractivity contribution in [1.29, 1.82) is 0 Å². The van der Waals surface area contributed by atoms with E-state index in [1.807, 2.05) is 0 Å². The standard InChI is InChI=1S/C18H22ClN3O4S/c1-11-7-16(21-26-11)20-18(24)12(2)27-10-17(23)22(3)9-13-8-14(19)5-6-15(13)25-4/h5-8,12H,9-10H2,1-4H3,(H,20,21,24)/t12-/m1/s1. The van der Waals surface area contributed by atoms with Crippen LogP contribution in [0.5, 0.6) is 5.75 Å². The Morgan fingerprint density at radius 1 is 1.41 bits per heavy atom. The number of anilines is 1. The summed E-state index contributed by atoms with van der Waals surface area (Å²) in [6, 6.07) is 6.90. The third-order valence-electron chi connectivity index (χ3n) is 3.78. The number of ether oxygens (including phenoxy) is 1. The normalized spacial score (nSPS) is 11.7. The lowest BCUT2D eigenvalue weighted by atomic mass is 10.2. The van der Waals surface area contributed by atoms with Gasteiger partial charge in [0.05, 0.1) is 18.1 Å². The first-order valence-corrected chi connectivity index (χ1v) is 9.65. The number of carbonyl (C=O) groups is 2. The fraction of sp³-hybridized carbons (Fsp3) is 0.389. The molecule has 1 heterocycles. The van der Waals surface area contributed by atoms with Crippen LogP contribution < -0.4 is 10.1 Å². The molecule has 0 bridgehead atoms. The van der Waals surface area contributed by atoms with Crippen LogP contribution in [0.4, 0.5) is 5.82 Å². The summed E-state index contributed by atoms with van der Waals surface area (Å²) in [4.78, 5) is 26.1. The number of rotatable bonds is 8. The molecule has 27 heavy (non-hydrogen) atoms. The smallest absolute Gasteiger partial charge is 0.238 e. The fourth-order valence-corrected chi connectivity index (χ4v) is 3.27. The highest BCUT2D eigenvalue weighted by atomic mass is 35.5. The monoisotopic (exact) mass is 411 g/mol. The van der Waals surface area contributed by atoms with Crippen LogP contribution in [-0.4, -0.2) is 47.0 Å². The number of amides is 2. The quantitative estimate of drug-likeness (QED) is 0.716. The van der Waals surface area contributed by atoms with Gasteiger partial charge < -0.3 is 19.5 Å². The van der Waals surface area contributed by atoms with Crippen molar-refractivity contribution in [3.05, 3.63) is 40.6 Å². The maximum Gasteiger partial charge on any atom is 0.238 e. The summed E-state index contributed by atoms with van der Waals surface area (Å²) in [6.45, 7) is 3.84. The summed E-state index contributed by atoms with van der Waals surface area (Å²) in [6.07, 6.45) is 0. The number of hydrogen-bond donors (Lipinski definition) is 1. The molecule has 0 aliphatic carbocycles. The van der Waals surface area contributed by atoms with E-state index in [9.17, 15) is 9.59 Å². The summed E-state index contributed by atoms with van der Waals surface area (Å²) in [5.74, 6) is 1.48. The zero-order chi connectivity index (χ0) is 20.0. The topological polar surface area (TPSA) is 84.7 Å². The molecule has 1 aromatic heterocycles. The van der Waals surface area contributed by atoms with Crippen LogP contribution in [0.1, 0.15) is 18.2 Å². The molecule has 0 aliphatic rings. The fourth-order valence-electron chi connectivity index (χ4n) is 2.25. The first-order chi connectivity index (χ1) is 12.8. The lowest BCUT2D eigenvalue weighted by Crippen LogP contribution is -2.30. The molecule has 0 saturated carbocycles. The molecular formula is C18H22ClN3O4S. The van der Waals surface area contributed by atoms with Gasteiger partial charge >= 0.3 is 0 Å². The van der Waals surface area contributed by atoms with E-state index in [-0.39, 0.29) is 17.6 Å². The van der Waals surface area contributed by atoms with Crippen molar-refractivity contribution in [1.82, 2.24) is 10.1 Å². The van der Waals surface area contributed by atoms with Crippen LogP contribution >= 0.6 is 23.4 Å². The maximum absolute atomic E-state index is 12.4. The number of aryl methyl sites for hydroxylation is 1. The number of benzene rings is 1. The summed E-state index contributed by atoms with van der Waals surface area (Å²) < 4.78 is 10.2. The van der Waals surface area contributed by atoms with Gasteiger partial charge in [-0.3, -0.25) is 9.59 Å². The van der Waals surface area contributed by atoms with Gasteiger partial charge in [0.25, 0.3) is 0 Å². The summed E-state index contributed by atoms with van der Waals surface area (Å²) >= 11 is 7.27. The van der Waals surface area contributed by atoms with Crippen molar-refractivity contribution in [2.45, 2.75) is 25.6 Å². The van der Waals surface area contributed by atoms with Crippen LogP contribution in [0.15, 0.2) is 28.8 Å². The Morgan fingerprint density at radius 3 is 2.78 bits per heavy atom. The van der Waals surface area contributed by atoms with E-state index in [1.54, 1.807) is 57.2 Å². The number of nitrogens with zero attached hydrogens (tertiary/aromatic N) is 2. The molecule has 2 rings (SSSR count). The summed E-state index contributed by atoms with van der Waals surface area (Å²) in [5.41, 5.74) is 0.818. The molecule has 1 N–H and O–H groups in total. The second-order valence-electron chi connectivity index (χ2n) is 5.97. The number of carbonyl (C=O) groups excluding carboxylic acids is 2. The molecule has 1 aromatic carbocycles. The number of hydrogen-bond acceptors (Lipinski definition) is 6. The van der Waals surface area contributed by atoms with Crippen LogP contribution in [0.2, 0.25) is 5.02 Å². The minimum Gasteiger partial charge on any atom is -0.496 e. The summed E-state index contributed by atoms with van der Waals surface area (Å²) in [7, 11) is 3.27. The minimum atomic E-state index is -0.417. The molecule has 0 saturated heterocycles. The van der Waals surface area contributed by atoms with E-state index in [2.05, 4.69) is 10.5 Å². The molecule has 2 aromatic rings. The number of aromatic nitrogens is 1. The molecule has 0 radical (unpaired) electrons. The molecule has 146 valence electrons. The molecule has 7 nitrogen and oxygen atoms in total. The van der Waals surface area contributed by atoms with E-state index >= 15 is 0 Å². The highest BCUT2D eigenvalue weighted by Gasteiger charge is 2.19. The largest absolute Gasteiger partial charge is 0.496 e. The Hall–Kier alpha value is -2.19. The number of nitrogens with one attached hydrogen (secondary N) is 1. The molecule has 0 unspecified atom stereocenters. The predicted octanol–water partition coefficient (Wildman–Crippen LogP) is 3.36. The van der Waals surface area contributed by atoms with Crippen molar-refractivity contribution in [3.63, 3.8) is 0 Å². The zero-order valence-electron chi connectivity index (χ0n) is 15.6. The van der Waals surface area contributed by atoms with Gasteiger partial charge in [0.2, 0.25) is 11.8 Å². The average Bonchev–Trinajstić information content (AvgIpc) is 3.04. The van der Waals surface area contributed by atoms with Gasteiger partial charge in [0, 0.05) is 30.2 Å². The average molecular weight is 412 g/mol. The lowest BCUT2D eigenvalue weighted by Gasteiger charge is -2.20. The first-order valence-electron chi connectivity index (χ1n) is 8.22. The molecular weight excluding hydrogens is 390 g/mol. The van der Waals surface area contributed by atoms with Gasteiger partial charge in [-0.05, 0) is 32.0 Å². The van der Waals surface area contributed by atoms with Crippen LogP contribution in [-0.2, 0) is 16.1 Å². The number of methoxy groups -OCH3 is 1. The molecule has 2 amide bonds. The predicted molar refractivity (Wildman–Crippen MR) is 106 cm³/mol. The highest BCUT2D eigenvalue weighted by Crippen LogP contribution is 2.24. The summed E-state index contributed by atoms with van der Waals surface area (Å²) in [5, 5.41) is 6.54. The van der Waals surface area contributed by atoms with Crippen LogP contribution in [0.25, 0.3) is 0 Å². The molecule has 9 heteroatoms. The van der Waals surface area contributed by atoms with Crippen LogP contribution in [0, 0.1) is 6.92 Å². The lowest BCUT2D eigenvalue weighted by molar-refractivity contribution is -0.127. The van der Waals surface area contributed by atoms with Gasteiger partial charge in [-0.15, -0.1) is 11.8 Å². The zero-order valence-corrected chi connectivity index (χ0v) is 17.2. The maximum atomic E-state index is 12.4. The van der Waals surface area contributed by atoms with Crippen molar-refractivity contribution in [2.24, 2.45) is 0 Å². The Labute approximate surface area is 167 Å². The Kier molecular flexibility index (Phi) is 7.55. The van der Waals surface area contributed by atoms with Crippen molar-refractivity contribution >= 4 is 41.0 Å². The Bertz CT molecular complexity index is 812. The molecule has 0 aliphatic heterocycles. The van der Waals surface area contributed by atoms with Gasteiger partial charge in [-0.25, -0.2) is 0 Å². The van der Waals surface area contributed by atoms with E-state index in [1.165, 1.54) is 11.8 Å². The Morgan fingerprint density at radius 2 is 2.15 bits per heavy atom.